The minimum atomic E-state index is -0.415. The number of ether oxygens (including phenoxy) is 1. The van der Waals surface area contributed by atoms with Crippen LogP contribution in [-0.2, 0) is 11.2 Å². The molecule has 1 amide bonds. The van der Waals surface area contributed by atoms with E-state index in [1.54, 1.807) is 19.2 Å². The van der Waals surface area contributed by atoms with Crippen molar-refractivity contribution in [2.24, 2.45) is 0 Å². The molecule has 0 saturated carbocycles. The molecule has 0 aliphatic heterocycles. The van der Waals surface area contributed by atoms with Gasteiger partial charge in [0.2, 0.25) is 5.91 Å². The summed E-state index contributed by atoms with van der Waals surface area (Å²) in [5.41, 5.74) is 1.40. The molecule has 1 heterocycles. The zero-order valence-corrected chi connectivity index (χ0v) is 16.0. The van der Waals surface area contributed by atoms with Crippen LogP contribution in [0.2, 0.25) is 0 Å². The van der Waals surface area contributed by atoms with Crippen LogP contribution in [0.4, 0.5) is 4.39 Å². The van der Waals surface area contributed by atoms with Gasteiger partial charge in [0.25, 0.3) is 5.56 Å². The van der Waals surface area contributed by atoms with Crippen molar-refractivity contribution in [2.75, 3.05) is 13.7 Å². The third-order valence-electron chi connectivity index (χ3n) is 4.59. The Morgan fingerprint density at radius 2 is 1.83 bits per heavy atom. The number of amides is 1. The summed E-state index contributed by atoms with van der Waals surface area (Å²) in [4.78, 5) is 39.0. The smallest absolute Gasteiger partial charge is 0.251 e. The SMILES string of the molecule is COc1ccc2cc(CCNC(=O)CCC(=O)c3ccc(F)cc3)c(=O)[nH]c2c1. The summed E-state index contributed by atoms with van der Waals surface area (Å²) in [5.74, 6) is -0.255. The second kappa shape index (κ2) is 9.14. The van der Waals surface area contributed by atoms with Crippen molar-refractivity contribution in [3.8, 4) is 5.75 Å². The van der Waals surface area contributed by atoms with Gasteiger partial charge in [-0.2, -0.15) is 0 Å². The Bertz CT molecular complexity index is 1090. The number of nitrogens with one attached hydrogen (secondary N) is 2. The number of benzene rings is 2. The number of fused-ring (bicyclic) bond motifs is 1. The molecule has 0 aliphatic carbocycles. The number of rotatable bonds is 8. The highest BCUT2D eigenvalue weighted by Gasteiger charge is 2.10. The lowest BCUT2D eigenvalue weighted by Crippen LogP contribution is -2.27. The number of aromatic nitrogens is 1. The molecule has 6 nitrogen and oxygen atoms in total. The van der Waals surface area contributed by atoms with Crippen LogP contribution >= 0.6 is 0 Å². The molecule has 0 radical (unpaired) electrons. The largest absolute Gasteiger partial charge is 0.497 e. The van der Waals surface area contributed by atoms with Gasteiger partial charge in [-0.25, -0.2) is 4.39 Å². The fourth-order valence-electron chi connectivity index (χ4n) is 2.97. The van der Waals surface area contributed by atoms with Crippen LogP contribution in [0.5, 0.6) is 5.75 Å². The van der Waals surface area contributed by atoms with E-state index < -0.39 is 5.82 Å². The highest BCUT2D eigenvalue weighted by molar-refractivity contribution is 5.97. The standard InChI is InChI=1S/C22H21FN2O4/c1-29-18-7-4-15-12-16(22(28)25-19(15)13-18)10-11-24-21(27)9-8-20(26)14-2-5-17(23)6-3-14/h2-7,12-13H,8-11H2,1H3,(H,24,27)(H,25,28). The van der Waals surface area contributed by atoms with Gasteiger partial charge in [0.05, 0.1) is 12.6 Å². The highest BCUT2D eigenvalue weighted by Crippen LogP contribution is 2.18. The van der Waals surface area contributed by atoms with Crippen LogP contribution in [0.3, 0.4) is 0 Å². The molecule has 1 aromatic heterocycles. The molecule has 3 aromatic rings. The second-order valence-corrected chi connectivity index (χ2v) is 6.61. The van der Waals surface area contributed by atoms with Crippen LogP contribution < -0.4 is 15.6 Å². The minimum absolute atomic E-state index is 0.0318. The van der Waals surface area contributed by atoms with Crippen LogP contribution in [0.25, 0.3) is 10.9 Å². The molecule has 29 heavy (non-hydrogen) atoms. The Morgan fingerprint density at radius 3 is 2.55 bits per heavy atom. The molecule has 150 valence electrons. The molecule has 0 fully saturated rings. The lowest BCUT2D eigenvalue weighted by molar-refractivity contribution is -0.121. The van der Waals surface area contributed by atoms with Crippen LogP contribution in [-0.4, -0.2) is 30.3 Å². The van der Waals surface area contributed by atoms with Gasteiger partial charge in [0, 0.05) is 36.6 Å². The second-order valence-electron chi connectivity index (χ2n) is 6.61. The van der Waals surface area contributed by atoms with Gasteiger partial charge in [-0.1, -0.05) is 0 Å². The minimum Gasteiger partial charge on any atom is -0.497 e. The maximum atomic E-state index is 12.9. The Hall–Kier alpha value is -3.48. The Morgan fingerprint density at radius 1 is 1.07 bits per heavy atom. The molecule has 2 aromatic carbocycles. The van der Waals surface area contributed by atoms with Gasteiger partial charge in [0.15, 0.2) is 5.78 Å². The number of hydrogen-bond acceptors (Lipinski definition) is 4. The third-order valence-corrected chi connectivity index (χ3v) is 4.59. The van der Waals surface area contributed by atoms with Gasteiger partial charge in [0.1, 0.15) is 11.6 Å². The van der Waals surface area contributed by atoms with Gasteiger partial charge in [-0.3, -0.25) is 14.4 Å². The fourth-order valence-corrected chi connectivity index (χ4v) is 2.97. The van der Waals surface area contributed by atoms with Crippen molar-refractivity contribution in [2.45, 2.75) is 19.3 Å². The molecule has 0 unspecified atom stereocenters. The normalized spacial score (nSPS) is 10.7. The molecule has 2 N–H and O–H groups in total. The van der Waals surface area contributed by atoms with E-state index in [-0.39, 0.29) is 36.6 Å². The average molecular weight is 396 g/mol. The van der Waals surface area contributed by atoms with Crippen LogP contribution in [0.1, 0.15) is 28.8 Å². The molecular weight excluding hydrogens is 375 g/mol. The summed E-state index contributed by atoms with van der Waals surface area (Å²) in [7, 11) is 1.56. The van der Waals surface area contributed by atoms with Crippen molar-refractivity contribution >= 4 is 22.6 Å². The van der Waals surface area contributed by atoms with E-state index >= 15 is 0 Å². The first-order chi connectivity index (χ1) is 14.0. The van der Waals surface area contributed by atoms with E-state index in [9.17, 15) is 18.8 Å². The summed E-state index contributed by atoms with van der Waals surface area (Å²) in [6.45, 7) is 0.286. The summed E-state index contributed by atoms with van der Waals surface area (Å²) < 4.78 is 18.0. The van der Waals surface area contributed by atoms with E-state index in [1.807, 2.05) is 12.1 Å². The van der Waals surface area contributed by atoms with E-state index in [1.165, 1.54) is 24.3 Å². The molecule has 0 atom stereocenters. The molecule has 0 spiro atoms. The summed E-state index contributed by atoms with van der Waals surface area (Å²) >= 11 is 0. The first-order valence-electron chi connectivity index (χ1n) is 9.21. The predicted octanol–water partition coefficient (Wildman–Crippen LogP) is 3.00. The quantitative estimate of drug-likeness (QED) is 0.573. The number of pyridine rings is 1. The van der Waals surface area contributed by atoms with Gasteiger partial charge in [-0.15, -0.1) is 0 Å². The van der Waals surface area contributed by atoms with E-state index in [4.69, 9.17) is 4.74 Å². The Labute approximate surface area is 166 Å². The molecule has 3 rings (SSSR count). The average Bonchev–Trinajstić information content (AvgIpc) is 2.72. The Balaban J connectivity index is 1.51. The Kier molecular flexibility index (Phi) is 6.39. The van der Waals surface area contributed by atoms with Gasteiger partial charge >= 0.3 is 0 Å². The zero-order chi connectivity index (χ0) is 20.8. The number of carbonyl (C=O) groups excluding carboxylic acids is 2. The molecule has 0 saturated heterocycles. The predicted molar refractivity (Wildman–Crippen MR) is 108 cm³/mol. The maximum Gasteiger partial charge on any atom is 0.251 e. The summed E-state index contributed by atoms with van der Waals surface area (Å²) in [6.07, 6.45) is 0.439. The zero-order valence-electron chi connectivity index (χ0n) is 16.0. The van der Waals surface area contributed by atoms with Crippen molar-refractivity contribution in [3.05, 3.63) is 75.8 Å². The first kappa shape index (κ1) is 20.3. The molecule has 7 heteroatoms. The summed E-state index contributed by atoms with van der Waals surface area (Å²) in [5, 5.41) is 3.59. The number of hydrogen-bond donors (Lipinski definition) is 2. The maximum absolute atomic E-state index is 12.9. The van der Waals surface area contributed by atoms with Crippen molar-refractivity contribution in [3.63, 3.8) is 0 Å². The number of H-pyrrole nitrogens is 1. The highest BCUT2D eigenvalue weighted by atomic mass is 19.1. The fraction of sp³-hybridized carbons (Fsp3) is 0.227. The van der Waals surface area contributed by atoms with E-state index in [0.29, 0.717) is 28.8 Å². The number of Topliss-reactive ketones (excluding diaryl/α,β-unsaturated/α-hetero) is 1. The van der Waals surface area contributed by atoms with Crippen LogP contribution in [0, 0.1) is 5.82 Å². The molecule has 0 aliphatic rings. The third kappa shape index (κ3) is 5.28. The van der Waals surface area contributed by atoms with Gasteiger partial charge < -0.3 is 15.0 Å². The number of halogens is 1. The monoisotopic (exact) mass is 396 g/mol. The van der Waals surface area contributed by atoms with Crippen molar-refractivity contribution in [1.82, 2.24) is 10.3 Å². The number of ketones is 1. The lowest BCUT2D eigenvalue weighted by Gasteiger charge is -2.07. The number of aromatic amines is 1. The number of methoxy groups -OCH3 is 1. The first-order valence-corrected chi connectivity index (χ1v) is 9.21. The van der Waals surface area contributed by atoms with Crippen molar-refractivity contribution in [1.29, 1.82) is 0 Å². The van der Waals surface area contributed by atoms with Crippen LogP contribution in [0.15, 0.2) is 53.3 Å². The number of carbonyl (C=O) groups is 2. The van der Waals surface area contributed by atoms with Crippen molar-refractivity contribution < 1.29 is 18.7 Å². The lowest BCUT2D eigenvalue weighted by atomic mass is 10.1. The topological polar surface area (TPSA) is 88.3 Å². The van der Waals surface area contributed by atoms with E-state index in [0.717, 1.165) is 5.39 Å². The van der Waals surface area contributed by atoms with E-state index in [2.05, 4.69) is 10.3 Å². The molecule has 0 bridgehead atoms. The summed E-state index contributed by atoms with van der Waals surface area (Å²) in [6, 6.07) is 12.4. The van der Waals surface area contributed by atoms with Gasteiger partial charge in [-0.05, 0) is 54.3 Å². The molecular formula is C22H21FN2O4.